The molecule has 7 aromatic rings. The van der Waals surface area contributed by atoms with Gasteiger partial charge in [-0.15, -0.1) is 0 Å². The molecule has 10 nitrogen and oxygen atoms in total. The van der Waals surface area contributed by atoms with Crippen LogP contribution in [-0.4, -0.2) is 61.9 Å². The second-order valence-corrected chi connectivity index (χ2v) is 21.2. The van der Waals surface area contributed by atoms with E-state index < -0.39 is 55.1 Å². The zero-order chi connectivity index (χ0) is 54.8. The van der Waals surface area contributed by atoms with E-state index in [0.29, 0.717) is 26.2 Å². The smallest absolute Gasteiger partial charge is 0.186 e. The van der Waals surface area contributed by atoms with Gasteiger partial charge in [-0.25, -0.2) is 0 Å². The van der Waals surface area contributed by atoms with E-state index >= 15 is 0 Å². The summed E-state index contributed by atoms with van der Waals surface area (Å²) in [6, 6.07) is 68.8. The molecule has 9 atom stereocenters. The maximum Gasteiger partial charge on any atom is 0.186 e. The number of ketones is 1. The van der Waals surface area contributed by atoms with Gasteiger partial charge in [0, 0.05) is 24.3 Å². The summed E-state index contributed by atoms with van der Waals surface area (Å²) in [6.45, 7) is 3.75. The normalized spacial score (nSPS) is 20.1. The number of carbonyl (C=O) groups is 1. The molecule has 6 unspecified atom stereocenters. The summed E-state index contributed by atoms with van der Waals surface area (Å²) in [5.41, 5.74) is 6.34. The summed E-state index contributed by atoms with van der Waals surface area (Å²) in [6.07, 6.45) is 5.76. The molecule has 0 saturated carbocycles. The Morgan fingerprint density at radius 2 is 0.975 bits per heavy atom. The molecule has 0 bridgehead atoms. The number of carbonyl (C=O) groups excluding carboxylic acids is 1. The second kappa shape index (κ2) is 32.2. The fourth-order valence-electron chi connectivity index (χ4n) is 10.6. The minimum absolute atomic E-state index is 0.130. The van der Waals surface area contributed by atoms with E-state index in [1.54, 1.807) is 0 Å². The van der Waals surface area contributed by atoms with E-state index in [1.807, 2.05) is 153 Å². The SMILES string of the molecule is C[C@@H](OCc1ccccc1)[C@@H](OCc1ccccc1)[C@H](COC1OC2COC(c3ccccc3)OC2C(OCc2ccccc2)C1OCc1ccccc1)CC(=O)CCCCCCCCCCc1ccc(Oc2ccccc2)cc1. The second-order valence-electron chi connectivity index (χ2n) is 21.2. The fourth-order valence-corrected chi connectivity index (χ4v) is 10.6. The number of Topliss-reactive ketones (excluding diaryl/α,β-unsaturated/α-hetero) is 1. The lowest BCUT2D eigenvalue weighted by Crippen LogP contribution is -2.63. The Morgan fingerprint density at radius 3 is 1.56 bits per heavy atom. The molecule has 10 heteroatoms. The van der Waals surface area contributed by atoms with Crippen LogP contribution in [0.15, 0.2) is 206 Å². The third-order valence-corrected chi connectivity index (χ3v) is 15.0. The summed E-state index contributed by atoms with van der Waals surface area (Å²) in [5.74, 6) is 1.48. The number of ether oxygens (including phenoxy) is 9. The highest BCUT2D eigenvalue weighted by Gasteiger charge is 2.52. The van der Waals surface area contributed by atoms with Gasteiger partial charge >= 0.3 is 0 Å². The van der Waals surface area contributed by atoms with E-state index in [1.165, 1.54) is 31.2 Å². The monoisotopic (exact) mass is 1080 g/mol. The van der Waals surface area contributed by atoms with Crippen LogP contribution in [-0.2, 0) is 75.5 Å². The highest BCUT2D eigenvalue weighted by molar-refractivity contribution is 5.78. The largest absolute Gasteiger partial charge is 0.457 e. The third kappa shape index (κ3) is 18.6. The molecular weight excluding hydrogens is 1000 g/mol. The van der Waals surface area contributed by atoms with Gasteiger partial charge < -0.3 is 42.6 Å². The first kappa shape index (κ1) is 58.3. The van der Waals surface area contributed by atoms with E-state index in [-0.39, 0.29) is 32.0 Å². The number of fused-ring (bicyclic) bond motifs is 1. The predicted octanol–water partition coefficient (Wildman–Crippen LogP) is 15.3. The first-order valence-corrected chi connectivity index (χ1v) is 29.1. The number of rotatable bonds is 33. The zero-order valence-electron chi connectivity index (χ0n) is 46.4. The molecule has 0 spiro atoms. The lowest BCUT2D eigenvalue weighted by atomic mass is 9.91. The van der Waals surface area contributed by atoms with Crippen LogP contribution in [0.5, 0.6) is 11.5 Å². The van der Waals surface area contributed by atoms with Gasteiger partial charge in [-0.05, 0) is 78.3 Å². The van der Waals surface area contributed by atoms with Crippen molar-refractivity contribution < 1.29 is 47.4 Å². The summed E-state index contributed by atoms with van der Waals surface area (Å²) in [4.78, 5) is 14.4. The van der Waals surface area contributed by atoms with Gasteiger partial charge in [0.25, 0.3) is 0 Å². The van der Waals surface area contributed by atoms with Gasteiger partial charge in [-0.1, -0.05) is 221 Å². The average molecular weight is 1080 g/mol. The first-order valence-electron chi connectivity index (χ1n) is 29.1. The molecule has 2 aliphatic rings. The maximum absolute atomic E-state index is 14.4. The van der Waals surface area contributed by atoms with E-state index in [0.717, 1.165) is 71.4 Å². The van der Waals surface area contributed by atoms with Crippen LogP contribution in [0.2, 0.25) is 0 Å². The molecule has 9 rings (SSSR count). The highest BCUT2D eigenvalue weighted by atomic mass is 16.8. The third-order valence-electron chi connectivity index (χ3n) is 15.0. The molecule has 80 heavy (non-hydrogen) atoms. The molecule has 2 fully saturated rings. The van der Waals surface area contributed by atoms with Crippen LogP contribution in [0.4, 0.5) is 0 Å². The molecule has 420 valence electrons. The number of hydrogen-bond acceptors (Lipinski definition) is 10. The van der Waals surface area contributed by atoms with E-state index in [9.17, 15) is 4.79 Å². The number of benzene rings is 7. The molecule has 0 amide bonds. The molecule has 0 radical (unpaired) electrons. The zero-order valence-corrected chi connectivity index (χ0v) is 46.4. The van der Waals surface area contributed by atoms with Gasteiger partial charge in [0.2, 0.25) is 0 Å². The van der Waals surface area contributed by atoms with Crippen LogP contribution in [0.25, 0.3) is 0 Å². The van der Waals surface area contributed by atoms with Crippen LogP contribution < -0.4 is 4.74 Å². The van der Waals surface area contributed by atoms with Crippen molar-refractivity contribution in [3.63, 3.8) is 0 Å². The topological polar surface area (TPSA) is 100 Å². The lowest BCUT2D eigenvalue weighted by molar-refractivity contribution is -0.374. The van der Waals surface area contributed by atoms with Gasteiger partial charge in [0.1, 0.15) is 41.7 Å². The summed E-state index contributed by atoms with van der Waals surface area (Å²) >= 11 is 0. The van der Waals surface area contributed by atoms with Gasteiger partial charge in [-0.3, -0.25) is 4.79 Å². The number of unbranched alkanes of at least 4 members (excludes halogenated alkanes) is 7. The minimum Gasteiger partial charge on any atom is -0.457 e. The molecule has 7 aromatic carbocycles. The predicted molar refractivity (Wildman–Crippen MR) is 312 cm³/mol. The Morgan fingerprint density at radius 1 is 0.487 bits per heavy atom. The van der Waals surface area contributed by atoms with E-state index in [4.69, 9.17) is 42.6 Å². The van der Waals surface area contributed by atoms with Gasteiger partial charge in [0.15, 0.2) is 12.6 Å². The number of hydrogen-bond donors (Lipinski definition) is 0. The van der Waals surface area contributed by atoms with Crippen LogP contribution >= 0.6 is 0 Å². The average Bonchev–Trinajstić information content (AvgIpc) is 3.56. The van der Waals surface area contributed by atoms with E-state index in [2.05, 4.69) is 60.7 Å². The Labute approximate surface area is 474 Å². The quantitative estimate of drug-likeness (QED) is 0.0370. The summed E-state index contributed by atoms with van der Waals surface area (Å²) in [5, 5.41) is 0. The van der Waals surface area contributed by atoms with Crippen molar-refractivity contribution in [1.82, 2.24) is 0 Å². The van der Waals surface area contributed by atoms with Crippen molar-refractivity contribution in [1.29, 1.82) is 0 Å². The van der Waals surface area contributed by atoms with Crippen molar-refractivity contribution in [3.05, 3.63) is 240 Å². The van der Waals surface area contributed by atoms with Crippen molar-refractivity contribution in [3.8, 4) is 11.5 Å². The fraction of sp³-hybridized carbons (Fsp3) is 0.386. The first-order chi connectivity index (χ1) is 39.5. The molecule has 2 heterocycles. The molecule has 0 aliphatic carbocycles. The van der Waals surface area contributed by atoms with Crippen LogP contribution in [0, 0.1) is 5.92 Å². The molecular formula is C70H80O10. The van der Waals surface area contributed by atoms with Crippen molar-refractivity contribution >= 4 is 5.78 Å². The lowest BCUT2D eigenvalue weighted by Gasteiger charge is -2.49. The van der Waals surface area contributed by atoms with Crippen LogP contribution in [0.3, 0.4) is 0 Å². The number of aryl methyl sites for hydroxylation is 1. The Kier molecular flexibility index (Phi) is 23.5. The van der Waals surface area contributed by atoms with Crippen molar-refractivity contribution in [2.75, 3.05) is 13.2 Å². The molecule has 0 aromatic heterocycles. The van der Waals surface area contributed by atoms with Gasteiger partial charge in [-0.2, -0.15) is 0 Å². The van der Waals surface area contributed by atoms with Crippen molar-refractivity contribution in [2.24, 2.45) is 5.92 Å². The Hall–Kier alpha value is -6.31. The Balaban J connectivity index is 0.862. The van der Waals surface area contributed by atoms with Gasteiger partial charge in [0.05, 0.1) is 51.8 Å². The number of para-hydroxylation sites is 1. The Bertz CT molecular complexity index is 2770. The van der Waals surface area contributed by atoms with Crippen molar-refractivity contribution in [2.45, 2.75) is 153 Å². The molecule has 2 aliphatic heterocycles. The maximum atomic E-state index is 14.4. The summed E-state index contributed by atoms with van der Waals surface area (Å²) in [7, 11) is 0. The summed E-state index contributed by atoms with van der Waals surface area (Å²) < 4.78 is 60.5. The molecule has 0 N–H and O–H groups in total. The molecule has 2 saturated heterocycles. The highest BCUT2D eigenvalue weighted by Crippen LogP contribution is 2.38. The minimum atomic E-state index is -0.916. The van der Waals surface area contributed by atoms with Crippen LogP contribution in [0.1, 0.15) is 111 Å². The standard InChI is InChI=1S/C70H80O10/c1-53(72-47-55-29-15-8-16-30-55)65(73-48-56-31-17-9-18-32-56)60(46-61(71)39-25-7-5-3-2-4-6-14-28-54-42-44-63(45-43-54)78-62-40-26-13-27-41-62)51-76-70-68(75-50-58-35-21-11-22-36-58)67(74-49-57-33-19-10-20-34-57)66-64(79-70)52-77-69(80-66)59-37-23-12-24-38-59/h8-13,15-24,26-27,29-38,40-45,53,60,64-70H,2-7,14,25,28,39,46-52H2,1H3/t53-,60+,64?,65-,66?,67?,68?,69?,70?/m1/s1.